The van der Waals surface area contributed by atoms with E-state index in [0.29, 0.717) is 12.6 Å². The van der Waals surface area contributed by atoms with Crippen molar-refractivity contribution in [3.05, 3.63) is 71.8 Å². The second kappa shape index (κ2) is 9.23. The average molecular weight is 338 g/mol. The zero-order valence-electron chi connectivity index (χ0n) is 14.5. The van der Waals surface area contributed by atoms with Gasteiger partial charge < -0.3 is 15.4 Å². The molecule has 1 fully saturated rings. The molecule has 0 unspecified atom stereocenters. The van der Waals surface area contributed by atoms with Gasteiger partial charge in [-0.05, 0) is 43.4 Å². The number of ether oxygens (including phenoxy) is 1. The van der Waals surface area contributed by atoms with Gasteiger partial charge in [0.1, 0.15) is 6.61 Å². The Bertz CT molecular complexity index is 639. The maximum atomic E-state index is 11.8. The predicted octanol–water partition coefficient (Wildman–Crippen LogP) is 3.67. The first-order chi connectivity index (χ1) is 12.3. The standard InChI is InChI=1S/C21H26N2O2/c24-21(25-16-18-10-5-2-6-11-18)23-20-14-19(15-20)22-13-7-12-17-8-3-1-4-9-17/h1-6,8-11,19-20,22H,7,12-16H2,(H,23,24). The number of rotatable bonds is 8. The highest BCUT2D eigenvalue weighted by Crippen LogP contribution is 2.20. The third-order valence-electron chi connectivity index (χ3n) is 4.59. The molecule has 0 spiro atoms. The van der Waals surface area contributed by atoms with Gasteiger partial charge in [-0.25, -0.2) is 4.79 Å². The topological polar surface area (TPSA) is 50.4 Å². The molecule has 1 amide bonds. The van der Waals surface area contributed by atoms with E-state index >= 15 is 0 Å². The van der Waals surface area contributed by atoms with Crippen molar-refractivity contribution < 1.29 is 9.53 Å². The van der Waals surface area contributed by atoms with Crippen LogP contribution in [0.15, 0.2) is 60.7 Å². The van der Waals surface area contributed by atoms with Crippen molar-refractivity contribution in [2.75, 3.05) is 6.54 Å². The molecule has 1 aliphatic rings. The number of carbonyl (C=O) groups excluding carboxylic acids is 1. The van der Waals surface area contributed by atoms with E-state index in [1.54, 1.807) is 0 Å². The lowest BCUT2D eigenvalue weighted by Gasteiger charge is -2.36. The SMILES string of the molecule is O=C(NC1CC(NCCCc2ccccc2)C1)OCc1ccccc1. The molecule has 2 aromatic rings. The smallest absolute Gasteiger partial charge is 0.407 e. The number of hydrogen-bond donors (Lipinski definition) is 2. The van der Waals surface area contributed by atoms with E-state index in [9.17, 15) is 4.79 Å². The van der Waals surface area contributed by atoms with Crippen LogP contribution >= 0.6 is 0 Å². The molecule has 0 heterocycles. The molecule has 2 aromatic carbocycles. The first kappa shape index (κ1) is 17.5. The van der Waals surface area contributed by atoms with Gasteiger partial charge in [0.15, 0.2) is 0 Å². The third-order valence-corrected chi connectivity index (χ3v) is 4.59. The van der Waals surface area contributed by atoms with Gasteiger partial charge in [0.05, 0.1) is 0 Å². The van der Waals surface area contributed by atoms with Crippen LogP contribution in [-0.2, 0) is 17.8 Å². The van der Waals surface area contributed by atoms with Crippen molar-refractivity contribution in [1.29, 1.82) is 0 Å². The normalized spacial score (nSPS) is 19.0. The van der Waals surface area contributed by atoms with E-state index in [2.05, 4.69) is 34.9 Å². The Hall–Kier alpha value is -2.33. The van der Waals surface area contributed by atoms with Crippen LogP contribution in [0.2, 0.25) is 0 Å². The summed E-state index contributed by atoms with van der Waals surface area (Å²) >= 11 is 0. The molecule has 4 heteroatoms. The van der Waals surface area contributed by atoms with Crippen LogP contribution in [0.3, 0.4) is 0 Å². The van der Waals surface area contributed by atoms with Crippen LogP contribution in [0, 0.1) is 0 Å². The maximum absolute atomic E-state index is 11.8. The Labute approximate surface area is 149 Å². The third kappa shape index (κ3) is 5.91. The van der Waals surface area contributed by atoms with Gasteiger partial charge in [-0.15, -0.1) is 0 Å². The number of alkyl carbamates (subject to hydrolysis) is 1. The highest BCUT2D eigenvalue weighted by Gasteiger charge is 2.30. The lowest BCUT2D eigenvalue weighted by atomic mass is 9.87. The summed E-state index contributed by atoms with van der Waals surface area (Å²) < 4.78 is 5.25. The van der Waals surface area contributed by atoms with Crippen LogP contribution in [-0.4, -0.2) is 24.7 Å². The van der Waals surface area contributed by atoms with Crippen molar-refractivity contribution in [3.63, 3.8) is 0 Å². The van der Waals surface area contributed by atoms with E-state index in [1.807, 2.05) is 36.4 Å². The van der Waals surface area contributed by atoms with Crippen molar-refractivity contribution in [1.82, 2.24) is 10.6 Å². The summed E-state index contributed by atoms with van der Waals surface area (Å²) in [4.78, 5) is 11.8. The number of aryl methyl sites for hydroxylation is 1. The summed E-state index contributed by atoms with van der Waals surface area (Å²) in [5, 5.41) is 6.49. The first-order valence-electron chi connectivity index (χ1n) is 9.04. The van der Waals surface area contributed by atoms with Crippen molar-refractivity contribution >= 4 is 6.09 Å². The minimum absolute atomic E-state index is 0.231. The first-order valence-corrected chi connectivity index (χ1v) is 9.04. The Balaban J connectivity index is 1.22. The van der Waals surface area contributed by atoms with Crippen molar-refractivity contribution in [2.24, 2.45) is 0 Å². The summed E-state index contributed by atoms with van der Waals surface area (Å²) in [5.41, 5.74) is 2.39. The summed E-state index contributed by atoms with van der Waals surface area (Å²) in [7, 11) is 0. The number of benzene rings is 2. The Kier molecular flexibility index (Phi) is 6.46. The van der Waals surface area contributed by atoms with Crippen LogP contribution in [0.25, 0.3) is 0 Å². The highest BCUT2D eigenvalue weighted by molar-refractivity contribution is 5.67. The molecule has 0 aliphatic heterocycles. The van der Waals surface area contributed by atoms with Crippen molar-refractivity contribution in [2.45, 2.75) is 44.4 Å². The molecule has 0 radical (unpaired) electrons. The molecular formula is C21H26N2O2. The van der Waals surface area contributed by atoms with Gasteiger partial charge in [0, 0.05) is 12.1 Å². The fourth-order valence-electron chi connectivity index (χ4n) is 3.08. The van der Waals surface area contributed by atoms with Gasteiger partial charge in [0.25, 0.3) is 0 Å². The predicted molar refractivity (Wildman–Crippen MR) is 99.3 cm³/mol. The minimum Gasteiger partial charge on any atom is -0.445 e. The molecule has 0 bridgehead atoms. The molecule has 25 heavy (non-hydrogen) atoms. The molecule has 1 saturated carbocycles. The molecule has 3 rings (SSSR count). The average Bonchev–Trinajstić information content (AvgIpc) is 2.62. The van der Waals surface area contributed by atoms with E-state index < -0.39 is 0 Å². The van der Waals surface area contributed by atoms with E-state index in [-0.39, 0.29) is 12.1 Å². The van der Waals surface area contributed by atoms with Gasteiger partial charge in [0.2, 0.25) is 0 Å². The fraction of sp³-hybridized carbons (Fsp3) is 0.381. The molecule has 0 atom stereocenters. The summed E-state index contributed by atoms with van der Waals surface area (Å²) in [6.07, 6.45) is 3.87. The Morgan fingerprint density at radius 2 is 1.56 bits per heavy atom. The minimum atomic E-state index is -0.323. The van der Waals surface area contributed by atoms with Crippen LogP contribution in [0.5, 0.6) is 0 Å². The fourth-order valence-corrected chi connectivity index (χ4v) is 3.08. The number of carbonyl (C=O) groups is 1. The van der Waals surface area contributed by atoms with E-state index in [4.69, 9.17) is 4.74 Å². The van der Waals surface area contributed by atoms with Gasteiger partial charge in [-0.3, -0.25) is 0 Å². The van der Waals surface area contributed by atoms with Crippen LogP contribution < -0.4 is 10.6 Å². The molecule has 132 valence electrons. The Morgan fingerprint density at radius 1 is 0.920 bits per heavy atom. The Morgan fingerprint density at radius 3 is 2.24 bits per heavy atom. The van der Waals surface area contributed by atoms with Crippen LogP contribution in [0.1, 0.15) is 30.4 Å². The second-order valence-electron chi connectivity index (χ2n) is 6.61. The van der Waals surface area contributed by atoms with Gasteiger partial charge >= 0.3 is 6.09 Å². The monoisotopic (exact) mass is 338 g/mol. The molecular weight excluding hydrogens is 312 g/mol. The number of nitrogens with one attached hydrogen (secondary N) is 2. The quantitative estimate of drug-likeness (QED) is 0.722. The molecule has 1 aliphatic carbocycles. The van der Waals surface area contributed by atoms with E-state index in [1.165, 1.54) is 5.56 Å². The van der Waals surface area contributed by atoms with Crippen LogP contribution in [0.4, 0.5) is 4.79 Å². The summed E-state index contributed by atoms with van der Waals surface area (Å²) in [5.74, 6) is 0. The lowest BCUT2D eigenvalue weighted by Crippen LogP contribution is -2.52. The summed E-state index contributed by atoms with van der Waals surface area (Å²) in [6.45, 7) is 1.34. The largest absolute Gasteiger partial charge is 0.445 e. The zero-order valence-corrected chi connectivity index (χ0v) is 14.5. The molecule has 2 N–H and O–H groups in total. The second-order valence-corrected chi connectivity index (χ2v) is 6.61. The number of hydrogen-bond acceptors (Lipinski definition) is 3. The highest BCUT2D eigenvalue weighted by atomic mass is 16.5. The van der Waals surface area contributed by atoms with E-state index in [0.717, 1.165) is 37.8 Å². The molecule has 0 aromatic heterocycles. The molecule has 4 nitrogen and oxygen atoms in total. The molecule has 0 saturated heterocycles. The van der Waals surface area contributed by atoms with Gasteiger partial charge in [-0.1, -0.05) is 60.7 Å². The summed E-state index contributed by atoms with van der Waals surface area (Å²) in [6, 6.07) is 21.0. The zero-order chi connectivity index (χ0) is 17.3. The number of amides is 1. The van der Waals surface area contributed by atoms with Crippen molar-refractivity contribution in [3.8, 4) is 0 Å². The van der Waals surface area contributed by atoms with Gasteiger partial charge in [-0.2, -0.15) is 0 Å². The maximum Gasteiger partial charge on any atom is 0.407 e. The lowest BCUT2D eigenvalue weighted by molar-refractivity contribution is 0.125.